The van der Waals surface area contributed by atoms with Crippen molar-refractivity contribution in [3.63, 3.8) is 0 Å². The maximum absolute atomic E-state index is 13.0. The van der Waals surface area contributed by atoms with Crippen LogP contribution in [0.2, 0.25) is 0 Å². The number of anilines is 1. The smallest absolute Gasteiger partial charge is 0.268 e. The van der Waals surface area contributed by atoms with Gasteiger partial charge in [0.25, 0.3) is 11.8 Å². The highest BCUT2D eigenvalue weighted by molar-refractivity contribution is 5.97. The van der Waals surface area contributed by atoms with E-state index in [0.29, 0.717) is 23.5 Å². The third kappa shape index (κ3) is 6.87. The molecule has 9 heteroatoms. The van der Waals surface area contributed by atoms with Crippen LogP contribution in [-0.2, 0) is 11.3 Å². The van der Waals surface area contributed by atoms with E-state index in [9.17, 15) is 19.1 Å². The highest BCUT2D eigenvalue weighted by Gasteiger charge is 2.25. The van der Waals surface area contributed by atoms with Gasteiger partial charge >= 0.3 is 0 Å². The van der Waals surface area contributed by atoms with Crippen LogP contribution in [0.4, 0.5) is 10.2 Å². The van der Waals surface area contributed by atoms with E-state index in [1.807, 2.05) is 6.07 Å². The minimum Gasteiger partial charge on any atom is -0.391 e. The zero-order chi connectivity index (χ0) is 24.5. The SMILES string of the molecule is CC(O)C(NC(=O)c1ccc(C#Cc2ccc(NCc3ccc(F)cc3)nc2)cc1)C(=O)NO. The molecule has 1 aromatic heterocycles. The quantitative estimate of drug-likeness (QED) is 0.208. The topological polar surface area (TPSA) is 124 Å². The molecule has 34 heavy (non-hydrogen) atoms. The highest BCUT2D eigenvalue weighted by atomic mass is 19.1. The van der Waals surface area contributed by atoms with Gasteiger partial charge in [0, 0.05) is 29.4 Å². The number of hydrogen-bond donors (Lipinski definition) is 5. The van der Waals surface area contributed by atoms with E-state index in [-0.39, 0.29) is 11.4 Å². The van der Waals surface area contributed by atoms with Crippen LogP contribution in [0.3, 0.4) is 0 Å². The Kier molecular flexibility index (Phi) is 8.29. The van der Waals surface area contributed by atoms with E-state index in [1.165, 1.54) is 36.7 Å². The van der Waals surface area contributed by atoms with Gasteiger partial charge in [-0.15, -0.1) is 0 Å². The van der Waals surface area contributed by atoms with Gasteiger partial charge in [0.05, 0.1) is 6.10 Å². The number of aliphatic hydroxyl groups is 1. The minimum atomic E-state index is -1.29. The second kappa shape index (κ2) is 11.6. The molecule has 0 radical (unpaired) electrons. The zero-order valence-corrected chi connectivity index (χ0v) is 18.2. The largest absolute Gasteiger partial charge is 0.391 e. The Balaban J connectivity index is 1.57. The van der Waals surface area contributed by atoms with Crippen molar-refractivity contribution in [2.75, 3.05) is 5.32 Å². The minimum absolute atomic E-state index is 0.264. The Morgan fingerprint density at radius 3 is 2.24 bits per heavy atom. The average Bonchev–Trinajstić information content (AvgIpc) is 2.86. The lowest BCUT2D eigenvalue weighted by atomic mass is 10.1. The predicted octanol–water partition coefficient (Wildman–Crippen LogP) is 2.22. The number of carbonyl (C=O) groups excluding carboxylic acids is 2. The van der Waals surface area contributed by atoms with Crippen molar-refractivity contribution in [2.45, 2.75) is 25.6 Å². The zero-order valence-electron chi connectivity index (χ0n) is 18.2. The lowest BCUT2D eigenvalue weighted by Gasteiger charge is -2.19. The molecule has 0 aliphatic rings. The summed E-state index contributed by atoms with van der Waals surface area (Å²) in [6, 6.07) is 14.9. The first kappa shape index (κ1) is 24.4. The molecule has 0 saturated heterocycles. The number of benzene rings is 2. The third-order valence-corrected chi connectivity index (χ3v) is 4.81. The van der Waals surface area contributed by atoms with Crippen molar-refractivity contribution in [2.24, 2.45) is 0 Å². The molecule has 5 N–H and O–H groups in total. The Labute approximate surface area is 195 Å². The molecule has 3 rings (SSSR count). The maximum atomic E-state index is 13.0. The van der Waals surface area contributed by atoms with Crippen LogP contribution in [0.15, 0.2) is 66.9 Å². The number of aliphatic hydroxyl groups excluding tert-OH is 1. The summed E-state index contributed by atoms with van der Waals surface area (Å²) in [6.45, 7) is 1.84. The number of amides is 2. The van der Waals surface area contributed by atoms with Crippen molar-refractivity contribution in [3.05, 3.63) is 94.9 Å². The van der Waals surface area contributed by atoms with Gasteiger partial charge in [-0.25, -0.2) is 14.9 Å². The summed E-state index contributed by atoms with van der Waals surface area (Å²) in [5, 5.41) is 23.9. The fraction of sp³-hybridized carbons (Fsp3) is 0.160. The molecule has 2 unspecified atom stereocenters. The lowest BCUT2D eigenvalue weighted by Crippen LogP contribution is -2.51. The summed E-state index contributed by atoms with van der Waals surface area (Å²) in [4.78, 5) is 28.2. The number of carbonyl (C=O) groups is 2. The summed E-state index contributed by atoms with van der Waals surface area (Å²) in [6.07, 6.45) is 0.434. The Morgan fingerprint density at radius 2 is 1.65 bits per heavy atom. The number of pyridine rings is 1. The fourth-order valence-corrected chi connectivity index (χ4v) is 2.92. The summed E-state index contributed by atoms with van der Waals surface area (Å²) in [5.41, 5.74) is 3.97. The van der Waals surface area contributed by atoms with Gasteiger partial charge in [-0.2, -0.15) is 0 Å². The summed E-state index contributed by atoms with van der Waals surface area (Å²) < 4.78 is 13.0. The van der Waals surface area contributed by atoms with Crippen LogP contribution in [-0.4, -0.2) is 39.3 Å². The van der Waals surface area contributed by atoms with E-state index in [0.717, 1.165) is 5.56 Å². The molecule has 0 fully saturated rings. The van der Waals surface area contributed by atoms with E-state index in [2.05, 4.69) is 27.5 Å². The summed E-state index contributed by atoms with van der Waals surface area (Å²) in [5.74, 6) is 4.85. The monoisotopic (exact) mass is 462 g/mol. The van der Waals surface area contributed by atoms with Crippen molar-refractivity contribution in [1.82, 2.24) is 15.8 Å². The first-order valence-electron chi connectivity index (χ1n) is 10.3. The maximum Gasteiger partial charge on any atom is 0.268 e. The van der Waals surface area contributed by atoms with Crippen molar-refractivity contribution in [1.29, 1.82) is 0 Å². The molecule has 0 bridgehead atoms. The third-order valence-electron chi connectivity index (χ3n) is 4.81. The number of hydrogen-bond acceptors (Lipinski definition) is 6. The fourth-order valence-electron chi connectivity index (χ4n) is 2.92. The molecule has 2 atom stereocenters. The van der Waals surface area contributed by atoms with Gasteiger partial charge in [0.2, 0.25) is 0 Å². The molecule has 174 valence electrons. The number of rotatable bonds is 7. The number of nitrogens with zero attached hydrogens (tertiary/aromatic N) is 1. The van der Waals surface area contributed by atoms with E-state index >= 15 is 0 Å². The van der Waals surface area contributed by atoms with Crippen LogP contribution in [0, 0.1) is 17.7 Å². The summed E-state index contributed by atoms with van der Waals surface area (Å²) >= 11 is 0. The summed E-state index contributed by atoms with van der Waals surface area (Å²) in [7, 11) is 0. The molecular weight excluding hydrogens is 439 g/mol. The van der Waals surface area contributed by atoms with Crippen LogP contribution in [0.1, 0.15) is 34.0 Å². The molecule has 0 aliphatic heterocycles. The molecule has 0 aliphatic carbocycles. The predicted molar refractivity (Wildman–Crippen MR) is 123 cm³/mol. The van der Waals surface area contributed by atoms with E-state index in [1.54, 1.807) is 36.5 Å². The highest BCUT2D eigenvalue weighted by Crippen LogP contribution is 2.09. The molecule has 3 aromatic rings. The molecular formula is C25H23FN4O4. The van der Waals surface area contributed by atoms with Crippen LogP contribution >= 0.6 is 0 Å². The van der Waals surface area contributed by atoms with Gasteiger partial charge < -0.3 is 15.7 Å². The van der Waals surface area contributed by atoms with Gasteiger partial charge in [-0.05, 0) is 61.0 Å². The molecule has 2 aromatic carbocycles. The lowest BCUT2D eigenvalue weighted by molar-refractivity contribution is -0.133. The van der Waals surface area contributed by atoms with Gasteiger partial charge in [0.1, 0.15) is 17.7 Å². The molecule has 0 spiro atoms. The van der Waals surface area contributed by atoms with Crippen LogP contribution in [0.25, 0.3) is 0 Å². The normalized spacial score (nSPS) is 12.0. The molecule has 2 amide bonds. The second-order valence-electron chi connectivity index (χ2n) is 7.41. The second-order valence-corrected chi connectivity index (χ2v) is 7.41. The van der Waals surface area contributed by atoms with Gasteiger partial charge in [-0.1, -0.05) is 24.0 Å². The first-order valence-corrected chi connectivity index (χ1v) is 10.3. The van der Waals surface area contributed by atoms with E-state index in [4.69, 9.17) is 5.21 Å². The average molecular weight is 462 g/mol. The standard InChI is InChI=1S/C25H23FN4O4/c1-16(31)23(25(33)30-34)29-24(32)20-9-4-17(5-10-20)2-3-18-8-13-22(27-14-18)28-15-19-6-11-21(26)12-7-19/h4-14,16,23,31,34H,15H2,1H3,(H,27,28)(H,29,32)(H,30,33). The Bertz CT molecular complexity index is 1180. The van der Waals surface area contributed by atoms with Crippen molar-refractivity contribution in [3.8, 4) is 11.8 Å². The van der Waals surface area contributed by atoms with Gasteiger partial charge in [0.15, 0.2) is 0 Å². The van der Waals surface area contributed by atoms with Crippen molar-refractivity contribution >= 4 is 17.6 Å². The Morgan fingerprint density at radius 1 is 1.00 bits per heavy atom. The Hall–Kier alpha value is -4.26. The number of aromatic nitrogens is 1. The first-order chi connectivity index (χ1) is 16.4. The molecule has 0 saturated carbocycles. The number of hydroxylamine groups is 1. The van der Waals surface area contributed by atoms with Crippen LogP contribution < -0.4 is 16.1 Å². The van der Waals surface area contributed by atoms with Crippen LogP contribution in [0.5, 0.6) is 0 Å². The van der Waals surface area contributed by atoms with Gasteiger partial charge in [-0.3, -0.25) is 14.8 Å². The van der Waals surface area contributed by atoms with Crippen molar-refractivity contribution < 1.29 is 24.3 Å². The number of nitrogens with one attached hydrogen (secondary N) is 3. The molecule has 8 nitrogen and oxygen atoms in total. The number of halogens is 1. The van der Waals surface area contributed by atoms with E-state index < -0.39 is 24.0 Å². The molecule has 1 heterocycles.